The Bertz CT molecular complexity index is 3470. The van der Waals surface area contributed by atoms with Crippen molar-refractivity contribution in [2.75, 3.05) is 33.3 Å². The van der Waals surface area contributed by atoms with E-state index in [0.717, 1.165) is 16.0 Å². The molecule has 19 nitrogen and oxygen atoms in total. The molecule has 428 valence electrons. The van der Waals surface area contributed by atoms with Gasteiger partial charge in [-0.2, -0.15) is 0 Å². The van der Waals surface area contributed by atoms with E-state index in [0.29, 0.717) is 76.6 Å². The Morgan fingerprint density at radius 1 is 0.854 bits per heavy atom. The first-order valence-corrected chi connectivity index (χ1v) is 27.8. The number of hydrogen-bond donors (Lipinski definition) is 3. The Morgan fingerprint density at radius 3 is 2.28 bits per heavy atom. The molecule has 5 aromatic rings. The molecule has 1 aliphatic carbocycles. The maximum Gasteiger partial charge on any atom is 0.343 e. The van der Waals surface area contributed by atoms with E-state index in [1.54, 1.807) is 74.3 Å². The van der Waals surface area contributed by atoms with Crippen LogP contribution in [0, 0.1) is 18.7 Å². The number of nitrogens with one attached hydrogen (secondary N) is 2. The topological polar surface area (TPSA) is 258 Å². The Morgan fingerprint density at radius 2 is 1.56 bits per heavy atom. The normalized spacial score (nSPS) is 17.4. The van der Waals surface area contributed by atoms with Crippen LogP contribution in [0.15, 0.2) is 89.7 Å². The van der Waals surface area contributed by atoms with E-state index in [9.17, 15) is 53.1 Å². The number of benzene rings is 3. The Balaban J connectivity index is 0.822. The standard InChI is InChI=1S/C62H65FN6O13/c1-4-62(80)46-30-50-56-44(34-69(50)59(77)45(46)35-82-61(62)79)55-49(21-20-43-36(2)47(63)31-48(66-56)54(43)55)67(3)60(78)57(38-16-10-6-11-17-38)81-27-25-41(71)32-65-58(76)39(28-37-14-8-5-9-15-37)29-42(72)33-64-51(73)22-19-40(70)18-12-7-13-26-68-52(74)23-24-53(68)75/h5-6,8-11,14-17,23-24,30-31,39,49,57,80H,4,7,12-13,18-22,25-29,32-35H2,1-3H3,(H,64,73)(H,65,76)/t39-,49+,57?,62+/m1/s1. The maximum atomic E-state index is 15.7. The summed E-state index contributed by atoms with van der Waals surface area (Å²) in [4.78, 5) is 139. The molecule has 3 N–H and O–H groups in total. The molecule has 0 radical (unpaired) electrons. The highest BCUT2D eigenvalue weighted by Gasteiger charge is 2.46. The molecular weight excluding hydrogens is 1060 g/mol. The van der Waals surface area contributed by atoms with Crippen molar-refractivity contribution in [1.29, 1.82) is 0 Å². The number of pyridine rings is 2. The number of carbonyl (C=O) groups excluding carboxylic acids is 9. The molecule has 0 spiro atoms. The van der Waals surface area contributed by atoms with Crippen molar-refractivity contribution in [3.63, 3.8) is 0 Å². The molecule has 4 aliphatic rings. The average Bonchev–Trinajstić information content (AvgIpc) is 2.83. The van der Waals surface area contributed by atoms with Crippen LogP contribution < -0.4 is 16.2 Å². The van der Waals surface area contributed by atoms with Gasteiger partial charge in [-0.1, -0.05) is 74.0 Å². The summed E-state index contributed by atoms with van der Waals surface area (Å²) >= 11 is 0. The Labute approximate surface area is 472 Å². The molecule has 0 fully saturated rings. The number of unbranched alkanes of at least 4 members (excludes halogenated alkanes) is 2. The third-order valence-electron chi connectivity index (χ3n) is 16.1. The van der Waals surface area contributed by atoms with Crippen molar-refractivity contribution < 1.29 is 62.1 Å². The number of esters is 1. The van der Waals surface area contributed by atoms with E-state index in [-0.39, 0.29) is 107 Å². The smallest absolute Gasteiger partial charge is 0.343 e. The lowest BCUT2D eigenvalue weighted by molar-refractivity contribution is -0.172. The monoisotopic (exact) mass is 1120 g/mol. The molecule has 4 atom stereocenters. The maximum absolute atomic E-state index is 15.7. The number of ether oxygens (including phenoxy) is 2. The van der Waals surface area contributed by atoms with Crippen molar-refractivity contribution in [1.82, 2.24) is 30.0 Å². The fourth-order valence-electron chi connectivity index (χ4n) is 11.5. The number of ketones is 3. The van der Waals surface area contributed by atoms with Gasteiger partial charge >= 0.3 is 5.97 Å². The van der Waals surface area contributed by atoms with Crippen LogP contribution in [0.1, 0.15) is 128 Å². The number of halogens is 1. The van der Waals surface area contributed by atoms with Crippen LogP contribution in [0.3, 0.4) is 0 Å². The minimum atomic E-state index is -2.07. The van der Waals surface area contributed by atoms with Crippen molar-refractivity contribution in [3.05, 3.63) is 146 Å². The predicted octanol–water partition coefficient (Wildman–Crippen LogP) is 5.58. The van der Waals surface area contributed by atoms with Crippen molar-refractivity contribution >= 4 is 63.8 Å². The van der Waals surface area contributed by atoms with Crippen LogP contribution in [0.4, 0.5) is 4.39 Å². The number of fused-ring (bicyclic) bond motifs is 5. The summed E-state index contributed by atoms with van der Waals surface area (Å²) in [6.45, 7) is 2.33. The van der Waals surface area contributed by atoms with Gasteiger partial charge in [0.2, 0.25) is 11.8 Å². The molecule has 0 bridgehead atoms. The summed E-state index contributed by atoms with van der Waals surface area (Å²) in [5.74, 6) is -5.41. The molecule has 2 aromatic heterocycles. The minimum absolute atomic E-state index is 0.0263. The predicted molar refractivity (Wildman–Crippen MR) is 296 cm³/mol. The third-order valence-corrected chi connectivity index (χ3v) is 16.1. The average molecular weight is 1120 g/mol. The number of imide groups is 1. The van der Waals surface area contributed by atoms with Gasteiger partial charge < -0.3 is 34.7 Å². The SMILES string of the molecule is CC[C@@]1(O)C(=O)OCc2c1cc1n(c2=O)Cc2c-1nc1cc(F)c(C)c3c1c2[C@@H](N(C)C(=O)C(OCCC(=O)CNC(=O)[C@@H](CC(=O)CNC(=O)CCC(=O)CCCCCN1C(=O)C=CC1=O)Cc1ccccc1)c1ccccc1)CC3. The molecular formula is C62H65FN6O13. The van der Waals surface area contributed by atoms with Gasteiger partial charge in [0.25, 0.3) is 23.3 Å². The minimum Gasteiger partial charge on any atom is -0.458 e. The lowest BCUT2D eigenvalue weighted by atomic mass is 9.81. The van der Waals surface area contributed by atoms with Gasteiger partial charge in [-0.25, -0.2) is 14.2 Å². The second kappa shape index (κ2) is 25.2. The summed E-state index contributed by atoms with van der Waals surface area (Å²) in [5, 5.41) is 17.4. The first-order valence-electron chi connectivity index (χ1n) is 27.8. The summed E-state index contributed by atoms with van der Waals surface area (Å²) in [6.07, 6.45) is 3.46. The number of Topliss-reactive ketones (excluding diaryl/α,β-unsaturated/α-hetero) is 3. The van der Waals surface area contributed by atoms with Gasteiger partial charge in [-0.15, -0.1) is 0 Å². The number of aromatic nitrogens is 2. The largest absolute Gasteiger partial charge is 0.458 e. The summed E-state index contributed by atoms with van der Waals surface area (Å²) in [6, 6.07) is 20.1. The molecule has 5 amide bonds. The Hall–Kier alpha value is -8.36. The molecule has 0 saturated heterocycles. The molecule has 9 rings (SSSR count). The number of cyclic esters (lactones) is 1. The second-order valence-corrected chi connectivity index (χ2v) is 21.4. The number of aliphatic hydroxyl groups is 1. The van der Waals surface area contributed by atoms with Gasteiger partial charge in [-0.05, 0) is 79.3 Å². The zero-order chi connectivity index (χ0) is 58.4. The highest BCUT2D eigenvalue weighted by molar-refractivity contribution is 6.12. The highest BCUT2D eigenvalue weighted by Crippen LogP contribution is 2.48. The fourth-order valence-corrected chi connectivity index (χ4v) is 11.5. The van der Waals surface area contributed by atoms with E-state index < -0.39 is 76.8 Å². The number of amides is 5. The van der Waals surface area contributed by atoms with Gasteiger partial charge in [0.05, 0.1) is 54.8 Å². The van der Waals surface area contributed by atoms with Crippen LogP contribution in [0.25, 0.3) is 22.3 Å². The van der Waals surface area contributed by atoms with E-state index in [1.165, 1.54) is 22.8 Å². The van der Waals surface area contributed by atoms with E-state index >= 15 is 4.39 Å². The highest BCUT2D eigenvalue weighted by atomic mass is 19.1. The number of nitrogens with zero attached hydrogens (tertiary/aromatic N) is 4. The number of hydrogen-bond acceptors (Lipinski definition) is 14. The zero-order valence-corrected chi connectivity index (χ0v) is 46.1. The van der Waals surface area contributed by atoms with Crippen LogP contribution in [-0.4, -0.2) is 111 Å². The van der Waals surface area contributed by atoms with Crippen LogP contribution in [0.2, 0.25) is 0 Å². The molecule has 3 aliphatic heterocycles. The summed E-state index contributed by atoms with van der Waals surface area (Å²) < 4.78 is 28.8. The summed E-state index contributed by atoms with van der Waals surface area (Å²) in [7, 11) is 1.65. The molecule has 0 saturated carbocycles. The molecule has 3 aromatic carbocycles. The number of carbonyl (C=O) groups is 9. The molecule has 1 unspecified atom stereocenters. The van der Waals surface area contributed by atoms with Crippen LogP contribution in [0.5, 0.6) is 0 Å². The van der Waals surface area contributed by atoms with Crippen LogP contribution in [-0.2, 0) is 84.2 Å². The number of rotatable bonds is 26. The molecule has 82 heavy (non-hydrogen) atoms. The molecule has 20 heteroatoms. The van der Waals surface area contributed by atoms with Crippen LogP contribution >= 0.6 is 0 Å². The second-order valence-electron chi connectivity index (χ2n) is 21.4. The lowest BCUT2D eigenvalue weighted by Crippen LogP contribution is -2.44. The molecule has 5 heterocycles. The third kappa shape index (κ3) is 12.3. The van der Waals surface area contributed by atoms with Gasteiger partial charge in [-0.3, -0.25) is 48.1 Å². The van der Waals surface area contributed by atoms with E-state index in [2.05, 4.69) is 10.6 Å². The quantitative estimate of drug-likeness (QED) is 0.0341. The first kappa shape index (κ1) is 58.3. The number of aryl methyl sites for hydroxylation is 1. The van der Waals surface area contributed by atoms with Crippen molar-refractivity contribution in [2.45, 2.75) is 122 Å². The fraction of sp³-hybridized carbons (Fsp3) is 0.403. The van der Waals surface area contributed by atoms with Crippen molar-refractivity contribution in [2.24, 2.45) is 5.92 Å². The van der Waals surface area contributed by atoms with Gasteiger partial charge in [0.1, 0.15) is 18.2 Å². The lowest BCUT2D eigenvalue weighted by Gasteiger charge is -2.36. The van der Waals surface area contributed by atoms with Gasteiger partial charge in [0, 0.05) is 86.3 Å². The van der Waals surface area contributed by atoms with E-state index in [1.807, 2.05) is 18.2 Å². The first-order chi connectivity index (χ1) is 39.4. The summed E-state index contributed by atoms with van der Waals surface area (Å²) in [5.41, 5.74) is 2.54. The zero-order valence-electron chi connectivity index (χ0n) is 46.1. The van der Waals surface area contributed by atoms with Crippen molar-refractivity contribution in [3.8, 4) is 11.4 Å². The Kier molecular flexibility index (Phi) is 17.9. The van der Waals surface area contributed by atoms with Gasteiger partial charge in [0.15, 0.2) is 23.3 Å². The number of likely N-dealkylation sites (N-methyl/N-ethyl adjacent to an activating group) is 1. The van der Waals surface area contributed by atoms with E-state index in [4.69, 9.17) is 14.5 Å².